The molecule has 4 nitrogen and oxygen atoms in total. The maximum atomic E-state index is 12.3. The molecular formula is C12H22N2O2S2. The van der Waals surface area contributed by atoms with Crippen LogP contribution < -0.4 is 10.0 Å². The molecule has 0 aromatic carbocycles. The molecular weight excluding hydrogens is 268 g/mol. The zero-order chi connectivity index (χ0) is 13.8. The van der Waals surface area contributed by atoms with E-state index in [2.05, 4.69) is 10.0 Å². The standard InChI is InChI=1S/C12H22N2O2S2/c1-5-13-8-11-12(6-7-17-11)18(15,16)14-10(4)9(2)3/h6-7,9-10,13-14H,5,8H2,1-4H3. The van der Waals surface area contributed by atoms with E-state index in [0.717, 1.165) is 11.4 Å². The highest BCUT2D eigenvalue weighted by Crippen LogP contribution is 2.22. The van der Waals surface area contributed by atoms with E-state index in [1.165, 1.54) is 11.3 Å². The number of nitrogens with one attached hydrogen (secondary N) is 2. The van der Waals surface area contributed by atoms with Crippen LogP contribution in [-0.4, -0.2) is 21.0 Å². The molecule has 1 unspecified atom stereocenters. The number of rotatable bonds is 7. The number of thiophene rings is 1. The topological polar surface area (TPSA) is 58.2 Å². The quantitative estimate of drug-likeness (QED) is 0.809. The average Bonchev–Trinajstić information content (AvgIpc) is 2.74. The largest absolute Gasteiger partial charge is 0.312 e. The Morgan fingerprint density at radius 1 is 1.33 bits per heavy atom. The van der Waals surface area contributed by atoms with Crippen LogP contribution in [0.15, 0.2) is 16.3 Å². The monoisotopic (exact) mass is 290 g/mol. The fraction of sp³-hybridized carbons (Fsp3) is 0.667. The first-order valence-electron chi connectivity index (χ1n) is 6.18. The van der Waals surface area contributed by atoms with E-state index in [9.17, 15) is 8.42 Å². The van der Waals surface area contributed by atoms with E-state index in [4.69, 9.17) is 0 Å². The highest BCUT2D eigenvalue weighted by Gasteiger charge is 2.22. The third-order valence-electron chi connectivity index (χ3n) is 2.87. The van der Waals surface area contributed by atoms with E-state index in [0.29, 0.717) is 11.4 Å². The van der Waals surface area contributed by atoms with Crippen molar-refractivity contribution in [2.45, 2.75) is 45.2 Å². The first-order chi connectivity index (χ1) is 8.38. The van der Waals surface area contributed by atoms with E-state index in [1.807, 2.05) is 33.1 Å². The van der Waals surface area contributed by atoms with Crippen LogP contribution in [0.4, 0.5) is 0 Å². The summed E-state index contributed by atoms with van der Waals surface area (Å²) < 4.78 is 27.2. The molecule has 0 aliphatic carbocycles. The number of hydrogen-bond acceptors (Lipinski definition) is 4. The lowest BCUT2D eigenvalue weighted by Gasteiger charge is -2.17. The van der Waals surface area contributed by atoms with Crippen LogP contribution in [0.3, 0.4) is 0 Å². The summed E-state index contributed by atoms with van der Waals surface area (Å²) in [5, 5.41) is 4.98. The van der Waals surface area contributed by atoms with Crippen molar-refractivity contribution in [1.82, 2.24) is 10.0 Å². The third-order valence-corrected chi connectivity index (χ3v) is 5.56. The second-order valence-corrected chi connectivity index (χ2v) is 7.33. The molecule has 104 valence electrons. The lowest BCUT2D eigenvalue weighted by Crippen LogP contribution is -2.36. The predicted molar refractivity (Wildman–Crippen MR) is 76.3 cm³/mol. The lowest BCUT2D eigenvalue weighted by molar-refractivity contribution is 0.476. The SMILES string of the molecule is CCNCc1sccc1S(=O)(=O)NC(C)C(C)C. The highest BCUT2D eigenvalue weighted by molar-refractivity contribution is 7.89. The van der Waals surface area contributed by atoms with Crippen LogP contribution in [0.25, 0.3) is 0 Å². The first-order valence-corrected chi connectivity index (χ1v) is 8.54. The highest BCUT2D eigenvalue weighted by atomic mass is 32.2. The lowest BCUT2D eigenvalue weighted by atomic mass is 10.1. The van der Waals surface area contributed by atoms with Crippen molar-refractivity contribution >= 4 is 21.4 Å². The van der Waals surface area contributed by atoms with Gasteiger partial charge in [-0.25, -0.2) is 13.1 Å². The Kier molecular flexibility index (Phi) is 5.78. The molecule has 0 aliphatic heterocycles. The van der Waals surface area contributed by atoms with Crippen LogP contribution >= 0.6 is 11.3 Å². The Hall–Kier alpha value is -0.430. The summed E-state index contributed by atoms with van der Waals surface area (Å²) in [6.07, 6.45) is 0. The molecule has 0 amide bonds. The second-order valence-electron chi connectivity index (χ2n) is 4.64. The fourth-order valence-corrected chi connectivity index (χ4v) is 4.19. The summed E-state index contributed by atoms with van der Waals surface area (Å²) in [6.45, 7) is 9.31. The maximum Gasteiger partial charge on any atom is 0.241 e. The maximum absolute atomic E-state index is 12.3. The molecule has 0 radical (unpaired) electrons. The van der Waals surface area contributed by atoms with Crippen molar-refractivity contribution in [2.75, 3.05) is 6.54 Å². The van der Waals surface area contributed by atoms with Gasteiger partial charge in [0.05, 0.1) is 4.90 Å². The van der Waals surface area contributed by atoms with Crippen molar-refractivity contribution in [1.29, 1.82) is 0 Å². The zero-order valence-corrected chi connectivity index (χ0v) is 13.0. The summed E-state index contributed by atoms with van der Waals surface area (Å²) in [5.74, 6) is 0.274. The molecule has 1 rings (SSSR count). The summed E-state index contributed by atoms with van der Waals surface area (Å²) in [6, 6.07) is 1.61. The molecule has 1 atom stereocenters. The Balaban J connectivity index is 2.88. The molecule has 0 spiro atoms. The minimum atomic E-state index is -3.40. The average molecular weight is 290 g/mol. The first kappa shape index (κ1) is 15.6. The van der Waals surface area contributed by atoms with Gasteiger partial charge in [0.15, 0.2) is 0 Å². The van der Waals surface area contributed by atoms with Gasteiger partial charge in [-0.15, -0.1) is 11.3 Å². The Morgan fingerprint density at radius 3 is 2.56 bits per heavy atom. The summed E-state index contributed by atoms with van der Waals surface area (Å²) in [7, 11) is -3.40. The Bertz CT molecular complexity index is 466. The van der Waals surface area contributed by atoms with E-state index >= 15 is 0 Å². The molecule has 6 heteroatoms. The number of hydrogen-bond donors (Lipinski definition) is 2. The van der Waals surface area contributed by atoms with Gasteiger partial charge < -0.3 is 5.32 Å². The molecule has 2 N–H and O–H groups in total. The van der Waals surface area contributed by atoms with Gasteiger partial charge in [0.2, 0.25) is 10.0 Å². The predicted octanol–water partition coefficient (Wildman–Crippen LogP) is 2.18. The fourth-order valence-electron chi connectivity index (χ4n) is 1.38. The zero-order valence-electron chi connectivity index (χ0n) is 11.4. The minimum Gasteiger partial charge on any atom is -0.312 e. The van der Waals surface area contributed by atoms with Gasteiger partial charge in [0.25, 0.3) is 0 Å². The van der Waals surface area contributed by atoms with E-state index in [1.54, 1.807) is 6.07 Å². The van der Waals surface area contributed by atoms with Crippen LogP contribution in [0.1, 0.15) is 32.6 Å². The Morgan fingerprint density at radius 2 is 2.00 bits per heavy atom. The van der Waals surface area contributed by atoms with Gasteiger partial charge in [-0.1, -0.05) is 20.8 Å². The van der Waals surface area contributed by atoms with Crippen LogP contribution in [0, 0.1) is 5.92 Å². The molecule has 1 aromatic heterocycles. The smallest absolute Gasteiger partial charge is 0.241 e. The molecule has 1 heterocycles. The molecule has 18 heavy (non-hydrogen) atoms. The van der Waals surface area contributed by atoms with E-state index < -0.39 is 10.0 Å². The molecule has 0 aliphatic rings. The second kappa shape index (κ2) is 6.65. The van der Waals surface area contributed by atoms with Crippen LogP contribution in [0.5, 0.6) is 0 Å². The van der Waals surface area contributed by atoms with Gasteiger partial charge in [0.1, 0.15) is 0 Å². The van der Waals surface area contributed by atoms with E-state index in [-0.39, 0.29) is 12.0 Å². The van der Waals surface area contributed by atoms with Gasteiger partial charge in [-0.3, -0.25) is 0 Å². The number of sulfonamides is 1. The normalized spacial score (nSPS) is 14.1. The Labute approximate surface area is 114 Å². The molecule has 0 fully saturated rings. The van der Waals surface area contributed by atoms with Gasteiger partial charge in [-0.05, 0) is 30.8 Å². The van der Waals surface area contributed by atoms with Crippen LogP contribution in [0.2, 0.25) is 0 Å². The minimum absolute atomic E-state index is 0.0677. The third kappa shape index (κ3) is 4.05. The van der Waals surface area contributed by atoms with Crippen molar-refractivity contribution in [3.8, 4) is 0 Å². The molecule has 0 bridgehead atoms. The van der Waals surface area contributed by atoms with Crippen molar-refractivity contribution < 1.29 is 8.42 Å². The van der Waals surface area contributed by atoms with Crippen LogP contribution in [-0.2, 0) is 16.6 Å². The van der Waals surface area contributed by atoms with Crippen molar-refractivity contribution in [3.05, 3.63) is 16.3 Å². The molecule has 1 aromatic rings. The van der Waals surface area contributed by atoms with Gasteiger partial charge in [0, 0.05) is 17.5 Å². The summed E-state index contributed by atoms with van der Waals surface area (Å²) >= 11 is 1.47. The summed E-state index contributed by atoms with van der Waals surface area (Å²) in [5.41, 5.74) is 0. The van der Waals surface area contributed by atoms with Crippen molar-refractivity contribution in [3.63, 3.8) is 0 Å². The summed E-state index contributed by atoms with van der Waals surface area (Å²) in [4.78, 5) is 1.27. The van der Waals surface area contributed by atoms with Crippen molar-refractivity contribution in [2.24, 2.45) is 5.92 Å². The van der Waals surface area contributed by atoms with Gasteiger partial charge >= 0.3 is 0 Å². The molecule has 0 saturated heterocycles. The van der Waals surface area contributed by atoms with Gasteiger partial charge in [-0.2, -0.15) is 0 Å². The molecule has 0 saturated carbocycles.